The van der Waals surface area contributed by atoms with Crippen LogP contribution in [0, 0.1) is 6.92 Å². The molecule has 120 valence electrons. The number of methoxy groups -OCH3 is 1. The van der Waals surface area contributed by atoms with Crippen LogP contribution in [-0.4, -0.2) is 18.1 Å². The van der Waals surface area contributed by atoms with Crippen molar-refractivity contribution in [3.05, 3.63) is 77.2 Å². The van der Waals surface area contributed by atoms with E-state index >= 15 is 0 Å². The van der Waals surface area contributed by atoms with E-state index in [1.54, 1.807) is 12.1 Å². The van der Waals surface area contributed by atoms with Gasteiger partial charge in [0.25, 0.3) is 0 Å². The number of carbonyl (C=O) groups is 1. The molecule has 24 heavy (non-hydrogen) atoms. The Hall–Kier alpha value is -3.14. The minimum Gasteiger partial charge on any atom is -0.465 e. The maximum atomic E-state index is 11.4. The second-order valence-electron chi connectivity index (χ2n) is 5.27. The van der Waals surface area contributed by atoms with Crippen molar-refractivity contribution in [1.29, 1.82) is 0 Å². The SMILES string of the molecule is COC(=O)c1ccc(/C=C/c2nc(-c3ccccc3)oc2C)cc1. The summed E-state index contributed by atoms with van der Waals surface area (Å²) >= 11 is 0. The molecule has 0 saturated carbocycles. The Bertz CT molecular complexity index is 862. The van der Waals surface area contributed by atoms with Crippen LogP contribution < -0.4 is 0 Å². The van der Waals surface area contributed by atoms with E-state index in [1.165, 1.54) is 7.11 Å². The van der Waals surface area contributed by atoms with Crippen LogP contribution in [0.15, 0.2) is 59.0 Å². The first-order valence-electron chi connectivity index (χ1n) is 7.56. The molecule has 0 aliphatic carbocycles. The third-order valence-electron chi connectivity index (χ3n) is 3.62. The Morgan fingerprint density at radius 1 is 1.04 bits per heavy atom. The topological polar surface area (TPSA) is 52.3 Å². The first-order chi connectivity index (χ1) is 11.7. The summed E-state index contributed by atoms with van der Waals surface area (Å²) in [5.41, 5.74) is 3.22. The van der Waals surface area contributed by atoms with E-state index in [-0.39, 0.29) is 5.97 Å². The number of aromatic nitrogens is 1. The Morgan fingerprint density at radius 2 is 1.75 bits per heavy atom. The lowest BCUT2D eigenvalue weighted by molar-refractivity contribution is 0.0600. The van der Waals surface area contributed by atoms with Crippen molar-refractivity contribution < 1.29 is 13.9 Å². The minimum absolute atomic E-state index is 0.342. The van der Waals surface area contributed by atoms with Gasteiger partial charge in [0, 0.05) is 5.56 Å². The molecule has 0 aliphatic heterocycles. The van der Waals surface area contributed by atoms with E-state index in [0.29, 0.717) is 11.5 Å². The molecule has 0 N–H and O–H groups in total. The van der Waals surface area contributed by atoms with Gasteiger partial charge in [-0.2, -0.15) is 0 Å². The van der Waals surface area contributed by atoms with Crippen LogP contribution in [0.1, 0.15) is 27.4 Å². The summed E-state index contributed by atoms with van der Waals surface area (Å²) in [5, 5.41) is 0. The highest BCUT2D eigenvalue weighted by Crippen LogP contribution is 2.22. The first kappa shape index (κ1) is 15.7. The van der Waals surface area contributed by atoms with Gasteiger partial charge < -0.3 is 9.15 Å². The van der Waals surface area contributed by atoms with Crippen LogP contribution in [0.25, 0.3) is 23.6 Å². The van der Waals surface area contributed by atoms with Crippen molar-refractivity contribution in [2.75, 3.05) is 7.11 Å². The van der Waals surface area contributed by atoms with E-state index in [4.69, 9.17) is 4.42 Å². The Labute approximate surface area is 140 Å². The molecule has 1 heterocycles. The second kappa shape index (κ2) is 6.96. The van der Waals surface area contributed by atoms with Crippen LogP contribution in [0.4, 0.5) is 0 Å². The third-order valence-corrected chi connectivity index (χ3v) is 3.62. The molecule has 3 aromatic rings. The Balaban J connectivity index is 1.80. The standard InChI is InChI=1S/C20H17NO3/c1-14-18(21-19(24-14)16-6-4-3-5-7-16)13-10-15-8-11-17(12-9-15)20(22)23-2/h3-13H,1-2H3/b13-10+. The summed E-state index contributed by atoms with van der Waals surface area (Å²) in [6.07, 6.45) is 3.83. The summed E-state index contributed by atoms with van der Waals surface area (Å²) in [6.45, 7) is 1.89. The van der Waals surface area contributed by atoms with E-state index in [9.17, 15) is 4.79 Å². The lowest BCUT2D eigenvalue weighted by atomic mass is 10.1. The summed E-state index contributed by atoms with van der Waals surface area (Å²) in [5.74, 6) is 1.02. The predicted molar refractivity (Wildman–Crippen MR) is 93.4 cm³/mol. The van der Waals surface area contributed by atoms with Crippen LogP contribution in [0.2, 0.25) is 0 Å². The molecule has 3 rings (SSSR count). The Morgan fingerprint density at radius 3 is 2.42 bits per heavy atom. The first-order valence-corrected chi connectivity index (χ1v) is 7.56. The highest BCUT2D eigenvalue weighted by molar-refractivity contribution is 5.89. The van der Waals surface area contributed by atoms with Gasteiger partial charge in [-0.3, -0.25) is 0 Å². The van der Waals surface area contributed by atoms with Crippen molar-refractivity contribution in [3.8, 4) is 11.5 Å². The number of carbonyl (C=O) groups excluding carboxylic acids is 1. The van der Waals surface area contributed by atoms with Gasteiger partial charge in [-0.05, 0) is 42.8 Å². The average molecular weight is 319 g/mol. The fourth-order valence-corrected chi connectivity index (χ4v) is 2.29. The van der Waals surface area contributed by atoms with Crippen LogP contribution in [-0.2, 0) is 4.74 Å². The largest absolute Gasteiger partial charge is 0.465 e. The minimum atomic E-state index is -0.342. The molecule has 0 amide bonds. The monoisotopic (exact) mass is 319 g/mol. The summed E-state index contributed by atoms with van der Waals surface area (Å²) in [6, 6.07) is 17.0. The highest BCUT2D eigenvalue weighted by atomic mass is 16.5. The molecule has 4 nitrogen and oxygen atoms in total. The molecule has 1 aromatic heterocycles. The molecule has 0 unspecified atom stereocenters. The molecular weight excluding hydrogens is 302 g/mol. The van der Waals surface area contributed by atoms with Gasteiger partial charge >= 0.3 is 5.97 Å². The van der Waals surface area contributed by atoms with Gasteiger partial charge in [0.15, 0.2) is 0 Å². The maximum Gasteiger partial charge on any atom is 0.337 e. The number of oxazole rings is 1. The molecular formula is C20H17NO3. The quantitative estimate of drug-likeness (QED) is 0.659. The molecule has 0 bridgehead atoms. The number of hydrogen-bond donors (Lipinski definition) is 0. The fourth-order valence-electron chi connectivity index (χ4n) is 2.29. The summed E-state index contributed by atoms with van der Waals surface area (Å²) in [7, 11) is 1.37. The van der Waals surface area contributed by atoms with Crippen LogP contribution >= 0.6 is 0 Å². The molecule has 0 radical (unpaired) electrons. The third kappa shape index (κ3) is 3.43. The van der Waals surface area contributed by atoms with Crippen molar-refractivity contribution in [2.24, 2.45) is 0 Å². The Kier molecular flexibility index (Phi) is 4.57. The van der Waals surface area contributed by atoms with Crippen molar-refractivity contribution in [3.63, 3.8) is 0 Å². The lowest BCUT2D eigenvalue weighted by Crippen LogP contribution is -2.00. The number of rotatable bonds is 4. The van der Waals surface area contributed by atoms with E-state index in [1.807, 2.05) is 61.5 Å². The normalized spacial score (nSPS) is 10.9. The second-order valence-corrected chi connectivity index (χ2v) is 5.27. The number of ether oxygens (including phenoxy) is 1. The molecule has 0 atom stereocenters. The van der Waals surface area contributed by atoms with Gasteiger partial charge in [-0.25, -0.2) is 9.78 Å². The van der Waals surface area contributed by atoms with Gasteiger partial charge in [0.05, 0.1) is 12.7 Å². The van der Waals surface area contributed by atoms with Crippen LogP contribution in [0.3, 0.4) is 0 Å². The van der Waals surface area contributed by atoms with Crippen molar-refractivity contribution in [1.82, 2.24) is 4.98 Å². The number of esters is 1. The fraction of sp³-hybridized carbons (Fsp3) is 0.100. The zero-order valence-electron chi connectivity index (χ0n) is 13.5. The molecule has 0 spiro atoms. The van der Waals surface area contributed by atoms with E-state index in [0.717, 1.165) is 22.6 Å². The molecule has 4 heteroatoms. The molecule has 0 fully saturated rings. The van der Waals surface area contributed by atoms with E-state index < -0.39 is 0 Å². The lowest BCUT2D eigenvalue weighted by Gasteiger charge is -1.99. The summed E-state index contributed by atoms with van der Waals surface area (Å²) < 4.78 is 10.4. The number of hydrogen-bond acceptors (Lipinski definition) is 4. The highest BCUT2D eigenvalue weighted by Gasteiger charge is 2.09. The zero-order valence-corrected chi connectivity index (χ0v) is 13.5. The smallest absolute Gasteiger partial charge is 0.337 e. The van der Waals surface area contributed by atoms with Gasteiger partial charge in [-0.1, -0.05) is 36.4 Å². The average Bonchev–Trinajstić information content (AvgIpc) is 3.01. The van der Waals surface area contributed by atoms with Crippen molar-refractivity contribution >= 4 is 18.1 Å². The number of aryl methyl sites for hydroxylation is 1. The van der Waals surface area contributed by atoms with Crippen LogP contribution in [0.5, 0.6) is 0 Å². The number of benzene rings is 2. The van der Waals surface area contributed by atoms with Gasteiger partial charge in [0.2, 0.25) is 5.89 Å². The van der Waals surface area contributed by atoms with E-state index in [2.05, 4.69) is 9.72 Å². The van der Waals surface area contributed by atoms with Gasteiger partial charge in [-0.15, -0.1) is 0 Å². The maximum absolute atomic E-state index is 11.4. The van der Waals surface area contributed by atoms with Crippen molar-refractivity contribution in [2.45, 2.75) is 6.92 Å². The molecule has 2 aromatic carbocycles. The van der Waals surface area contributed by atoms with Gasteiger partial charge in [0.1, 0.15) is 11.5 Å². The predicted octanol–water partition coefficient (Wildman–Crippen LogP) is 4.61. The zero-order chi connectivity index (χ0) is 16.9. The molecule has 0 saturated heterocycles. The number of nitrogens with zero attached hydrogens (tertiary/aromatic N) is 1. The molecule has 0 aliphatic rings. The summed E-state index contributed by atoms with van der Waals surface area (Å²) in [4.78, 5) is 16.0.